The zero-order chi connectivity index (χ0) is 21.3. The number of amides is 1. The van der Waals surface area contributed by atoms with E-state index in [-0.39, 0.29) is 11.9 Å². The first-order valence-electron chi connectivity index (χ1n) is 11.0. The molecule has 9 heteroatoms. The van der Waals surface area contributed by atoms with Gasteiger partial charge in [-0.1, -0.05) is 6.92 Å². The van der Waals surface area contributed by atoms with Crippen LogP contribution in [0.15, 0.2) is 12.1 Å². The molecule has 1 aliphatic rings. The highest BCUT2D eigenvalue weighted by Crippen LogP contribution is 2.20. The van der Waals surface area contributed by atoms with Gasteiger partial charge in [-0.15, -0.1) is 0 Å². The van der Waals surface area contributed by atoms with E-state index < -0.39 is 0 Å². The van der Waals surface area contributed by atoms with Gasteiger partial charge in [0.1, 0.15) is 0 Å². The molecule has 3 rings (SSSR count). The number of aromatic nitrogens is 3. The Morgan fingerprint density at radius 3 is 2.87 bits per heavy atom. The zero-order valence-electron chi connectivity index (χ0n) is 18.4. The van der Waals surface area contributed by atoms with Gasteiger partial charge in [-0.25, -0.2) is 4.68 Å². The number of pyridine rings is 1. The third-order valence-electron chi connectivity index (χ3n) is 5.53. The monoisotopic (exact) mass is 417 g/mol. The summed E-state index contributed by atoms with van der Waals surface area (Å²) in [5, 5.41) is 14.7. The van der Waals surface area contributed by atoms with Crippen molar-refractivity contribution in [2.75, 3.05) is 52.9 Å². The number of carbonyl (C=O) groups is 1. The van der Waals surface area contributed by atoms with Crippen LogP contribution in [0.4, 0.5) is 0 Å². The van der Waals surface area contributed by atoms with Gasteiger partial charge in [-0.05, 0) is 38.9 Å². The number of hydrogen-bond donors (Lipinski definition) is 3. The SMILES string of the molecule is CCC(CCNC)NC(=O)c1nn(C)c2nc(OCCCN3CCNCC3)ccc12. The van der Waals surface area contributed by atoms with E-state index in [1.54, 1.807) is 11.7 Å². The predicted molar refractivity (Wildman–Crippen MR) is 118 cm³/mol. The van der Waals surface area contributed by atoms with Gasteiger partial charge < -0.3 is 25.6 Å². The maximum absolute atomic E-state index is 12.8. The highest BCUT2D eigenvalue weighted by molar-refractivity contribution is 6.04. The summed E-state index contributed by atoms with van der Waals surface area (Å²) in [7, 11) is 3.72. The molecule has 1 aliphatic heterocycles. The quantitative estimate of drug-likeness (QED) is 0.465. The van der Waals surface area contributed by atoms with Crippen molar-refractivity contribution in [1.29, 1.82) is 0 Å². The number of hydrogen-bond acceptors (Lipinski definition) is 7. The molecular formula is C21H35N7O2. The van der Waals surface area contributed by atoms with Gasteiger partial charge in [0.25, 0.3) is 5.91 Å². The molecule has 2 aromatic rings. The number of aryl methyl sites for hydroxylation is 1. The molecule has 1 saturated heterocycles. The van der Waals surface area contributed by atoms with Gasteiger partial charge in [-0.3, -0.25) is 4.79 Å². The van der Waals surface area contributed by atoms with E-state index in [9.17, 15) is 4.79 Å². The molecule has 0 spiro atoms. The van der Waals surface area contributed by atoms with Crippen molar-refractivity contribution in [3.63, 3.8) is 0 Å². The van der Waals surface area contributed by atoms with E-state index in [0.717, 1.165) is 63.9 Å². The molecule has 1 amide bonds. The number of nitrogens with zero attached hydrogens (tertiary/aromatic N) is 4. The molecule has 9 nitrogen and oxygen atoms in total. The minimum absolute atomic E-state index is 0.119. The molecule has 0 radical (unpaired) electrons. The lowest BCUT2D eigenvalue weighted by molar-refractivity contribution is 0.0930. The van der Waals surface area contributed by atoms with E-state index in [4.69, 9.17) is 4.74 Å². The van der Waals surface area contributed by atoms with E-state index in [0.29, 0.717) is 23.8 Å². The van der Waals surface area contributed by atoms with Crippen LogP contribution in [0, 0.1) is 0 Å². The van der Waals surface area contributed by atoms with Crippen LogP contribution in [0.25, 0.3) is 11.0 Å². The second-order valence-corrected chi connectivity index (χ2v) is 7.76. The third-order valence-corrected chi connectivity index (χ3v) is 5.53. The van der Waals surface area contributed by atoms with Crippen molar-refractivity contribution in [3.8, 4) is 5.88 Å². The minimum atomic E-state index is -0.157. The summed E-state index contributed by atoms with van der Waals surface area (Å²) in [6.45, 7) is 8.90. The molecule has 1 fully saturated rings. The van der Waals surface area contributed by atoms with Crippen LogP contribution >= 0.6 is 0 Å². The van der Waals surface area contributed by atoms with Gasteiger partial charge >= 0.3 is 0 Å². The zero-order valence-corrected chi connectivity index (χ0v) is 18.4. The fourth-order valence-corrected chi connectivity index (χ4v) is 3.71. The summed E-state index contributed by atoms with van der Waals surface area (Å²) in [5.41, 5.74) is 1.07. The van der Waals surface area contributed by atoms with Crippen LogP contribution in [0.1, 0.15) is 36.7 Å². The number of carbonyl (C=O) groups excluding carboxylic acids is 1. The normalized spacial score (nSPS) is 16.0. The molecule has 0 saturated carbocycles. The summed E-state index contributed by atoms with van der Waals surface area (Å²) in [4.78, 5) is 19.8. The highest BCUT2D eigenvalue weighted by atomic mass is 16.5. The van der Waals surface area contributed by atoms with Crippen molar-refractivity contribution in [2.45, 2.75) is 32.2 Å². The van der Waals surface area contributed by atoms with Crippen LogP contribution in [-0.2, 0) is 7.05 Å². The van der Waals surface area contributed by atoms with Crippen LogP contribution < -0.4 is 20.7 Å². The Balaban J connectivity index is 1.58. The van der Waals surface area contributed by atoms with Crippen LogP contribution in [0.2, 0.25) is 0 Å². The van der Waals surface area contributed by atoms with Crippen molar-refractivity contribution < 1.29 is 9.53 Å². The summed E-state index contributed by atoms with van der Waals surface area (Å²) in [6, 6.07) is 3.82. The van der Waals surface area contributed by atoms with Gasteiger partial charge in [-0.2, -0.15) is 10.1 Å². The molecule has 1 atom stereocenters. The first kappa shape index (κ1) is 22.5. The van der Waals surface area contributed by atoms with E-state index in [1.807, 2.05) is 19.2 Å². The van der Waals surface area contributed by atoms with Crippen LogP contribution in [-0.4, -0.2) is 84.5 Å². The molecule has 30 heavy (non-hydrogen) atoms. The van der Waals surface area contributed by atoms with Gasteiger partial charge in [0.05, 0.1) is 12.0 Å². The average Bonchev–Trinajstić information content (AvgIpc) is 3.11. The van der Waals surface area contributed by atoms with Crippen molar-refractivity contribution >= 4 is 16.9 Å². The van der Waals surface area contributed by atoms with E-state index >= 15 is 0 Å². The van der Waals surface area contributed by atoms with Crippen molar-refractivity contribution in [2.24, 2.45) is 7.05 Å². The van der Waals surface area contributed by atoms with E-state index in [1.165, 1.54) is 0 Å². The maximum Gasteiger partial charge on any atom is 0.272 e. The Morgan fingerprint density at radius 1 is 1.33 bits per heavy atom. The molecule has 2 aromatic heterocycles. The smallest absolute Gasteiger partial charge is 0.272 e. The van der Waals surface area contributed by atoms with E-state index in [2.05, 4.69) is 37.9 Å². The minimum Gasteiger partial charge on any atom is -0.478 e. The number of piperazine rings is 1. The largest absolute Gasteiger partial charge is 0.478 e. The van der Waals surface area contributed by atoms with Crippen LogP contribution in [0.3, 0.4) is 0 Å². The second kappa shape index (κ2) is 11.2. The number of rotatable bonds is 11. The highest BCUT2D eigenvalue weighted by Gasteiger charge is 2.20. The van der Waals surface area contributed by atoms with Gasteiger partial charge in [0.2, 0.25) is 5.88 Å². The summed E-state index contributed by atoms with van der Waals surface area (Å²) in [5.74, 6) is 0.410. The Morgan fingerprint density at radius 2 is 2.13 bits per heavy atom. The Kier molecular flexibility index (Phi) is 8.41. The number of fused-ring (bicyclic) bond motifs is 1. The first-order valence-corrected chi connectivity index (χ1v) is 11.0. The lowest BCUT2D eigenvalue weighted by atomic mass is 10.1. The summed E-state index contributed by atoms with van der Waals surface area (Å²) in [6.07, 6.45) is 2.72. The Hall–Kier alpha value is -2.23. The van der Waals surface area contributed by atoms with Crippen molar-refractivity contribution in [3.05, 3.63) is 17.8 Å². The molecule has 0 aliphatic carbocycles. The lowest BCUT2D eigenvalue weighted by Gasteiger charge is -2.26. The molecular weight excluding hydrogens is 382 g/mol. The fraction of sp³-hybridized carbons (Fsp3) is 0.667. The predicted octanol–water partition coefficient (Wildman–Crippen LogP) is 0.760. The molecule has 0 aromatic carbocycles. The fourth-order valence-electron chi connectivity index (χ4n) is 3.71. The molecule has 166 valence electrons. The molecule has 3 heterocycles. The standard InChI is InChI=1S/C21H35N7O2/c1-4-16(8-9-22-2)24-21(29)19-17-6-7-18(25-20(17)27(3)26-19)30-15-5-12-28-13-10-23-11-14-28/h6-7,16,22-23H,4-5,8-15H2,1-3H3,(H,24,29). The Bertz CT molecular complexity index is 817. The van der Waals surface area contributed by atoms with Gasteiger partial charge in [0.15, 0.2) is 11.3 Å². The molecule has 0 bridgehead atoms. The number of ether oxygens (including phenoxy) is 1. The second-order valence-electron chi connectivity index (χ2n) is 7.76. The van der Waals surface area contributed by atoms with Gasteiger partial charge in [0, 0.05) is 51.9 Å². The maximum atomic E-state index is 12.8. The average molecular weight is 418 g/mol. The van der Waals surface area contributed by atoms with Crippen molar-refractivity contribution in [1.82, 2.24) is 35.6 Å². The van der Waals surface area contributed by atoms with Crippen LogP contribution in [0.5, 0.6) is 5.88 Å². The summed E-state index contributed by atoms with van der Waals surface area (Å²) >= 11 is 0. The molecule has 1 unspecified atom stereocenters. The Labute approximate surface area is 178 Å². The first-order chi connectivity index (χ1) is 14.6. The summed E-state index contributed by atoms with van der Waals surface area (Å²) < 4.78 is 7.50. The topological polar surface area (TPSA) is 96.3 Å². The lowest BCUT2D eigenvalue weighted by Crippen LogP contribution is -2.43. The molecule has 3 N–H and O–H groups in total. The number of nitrogens with one attached hydrogen (secondary N) is 3. The third kappa shape index (κ3) is 5.90.